The number of carbonyl (C=O) groups excluding carboxylic acids is 2. The summed E-state index contributed by atoms with van der Waals surface area (Å²) >= 11 is 0. The van der Waals surface area contributed by atoms with Crippen LogP contribution in [0.15, 0.2) is 0 Å². The molecule has 0 bridgehead atoms. The molecule has 5 nitrogen and oxygen atoms in total. The molecule has 0 aromatic rings. The van der Waals surface area contributed by atoms with Crippen LogP contribution in [0, 0.1) is 5.92 Å². The number of hydrogen-bond acceptors (Lipinski definition) is 3. The van der Waals surface area contributed by atoms with E-state index >= 15 is 0 Å². The summed E-state index contributed by atoms with van der Waals surface area (Å²) in [5, 5.41) is 5.50. The van der Waals surface area contributed by atoms with Crippen LogP contribution in [-0.4, -0.2) is 30.4 Å². The van der Waals surface area contributed by atoms with Crippen LogP contribution in [0.2, 0.25) is 0 Å². The Morgan fingerprint density at radius 2 is 1.94 bits per heavy atom. The molecule has 0 aliphatic heterocycles. The Hall–Kier alpha value is -1.10. The van der Waals surface area contributed by atoms with Gasteiger partial charge in [-0.05, 0) is 32.1 Å². The van der Waals surface area contributed by atoms with E-state index in [0.717, 1.165) is 32.1 Å². The Morgan fingerprint density at radius 1 is 1.19 bits per heavy atom. The minimum atomic E-state index is -0.0851. The van der Waals surface area contributed by atoms with Crippen molar-refractivity contribution in [2.45, 2.75) is 44.2 Å². The first-order valence-corrected chi connectivity index (χ1v) is 5.98. The van der Waals surface area contributed by atoms with Gasteiger partial charge in [-0.1, -0.05) is 0 Å². The van der Waals surface area contributed by atoms with E-state index in [2.05, 4.69) is 10.6 Å². The number of nitrogens with one attached hydrogen (secondary N) is 2. The molecule has 4 N–H and O–H groups in total. The van der Waals surface area contributed by atoms with Gasteiger partial charge in [0.2, 0.25) is 11.8 Å². The van der Waals surface area contributed by atoms with Gasteiger partial charge in [0.1, 0.15) is 0 Å². The predicted molar refractivity (Wildman–Crippen MR) is 59.5 cm³/mol. The van der Waals surface area contributed by atoms with Crippen LogP contribution < -0.4 is 16.4 Å². The average molecular weight is 225 g/mol. The van der Waals surface area contributed by atoms with E-state index in [4.69, 9.17) is 5.73 Å². The van der Waals surface area contributed by atoms with Crippen molar-refractivity contribution in [2.24, 2.45) is 11.7 Å². The van der Waals surface area contributed by atoms with Gasteiger partial charge in [0.15, 0.2) is 0 Å². The minimum Gasteiger partial charge on any atom is -0.352 e. The Balaban J connectivity index is 1.64. The van der Waals surface area contributed by atoms with Gasteiger partial charge in [-0.15, -0.1) is 0 Å². The minimum absolute atomic E-state index is 0.00345. The molecular formula is C11H19N3O2. The Labute approximate surface area is 95.1 Å². The maximum atomic E-state index is 11.7. The summed E-state index contributed by atoms with van der Waals surface area (Å²) in [6, 6.07) is 0.500. The fourth-order valence-corrected chi connectivity index (χ4v) is 2.07. The summed E-state index contributed by atoms with van der Waals surface area (Å²) in [6.07, 6.45) is 4.63. The molecule has 2 atom stereocenters. The van der Waals surface area contributed by atoms with Gasteiger partial charge in [-0.25, -0.2) is 0 Å². The molecule has 2 amide bonds. The van der Waals surface area contributed by atoms with Crippen LogP contribution in [0.1, 0.15) is 32.1 Å². The summed E-state index contributed by atoms with van der Waals surface area (Å²) in [4.78, 5) is 23.0. The highest BCUT2D eigenvalue weighted by atomic mass is 16.2. The van der Waals surface area contributed by atoms with Crippen LogP contribution >= 0.6 is 0 Å². The molecule has 90 valence electrons. The second-order valence-corrected chi connectivity index (χ2v) is 4.83. The Kier molecular flexibility index (Phi) is 3.43. The van der Waals surface area contributed by atoms with Crippen LogP contribution in [0.25, 0.3) is 0 Å². The molecule has 5 heteroatoms. The van der Waals surface area contributed by atoms with Gasteiger partial charge in [0.05, 0.1) is 6.54 Å². The molecule has 2 fully saturated rings. The van der Waals surface area contributed by atoms with Crippen molar-refractivity contribution in [1.82, 2.24) is 10.6 Å². The number of carbonyl (C=O) groups is 2. The largest absolute Gasteiger partial charge is 0.352 e. The van der Waals surface area contributed by atoms with Crippen molar-refractivity contribution in [3.63, 3.8) is 0 Å². The molecule has 0 heterocycles. The first kappa shape index (κ1) is 11.4. The van der Waals surface area contributed by atoms with Crippen molar-refractivity contribution < 1.29 is 9.59 Å². The van der Waals surface area contributed by atoms with E-state index in [-0.39, 0.29) is 30.3 Å². The lowest BCUT2D eigenvalue weighted by Gasteiger charge is -2.10. The zero-order chi connectivity index (χ0) is 11.5. The van der Waals surface area contributed by atoms with Crippen molar-refractivity contribution >= 4 is 11.8 Å². The highest BCUT2D eigenvalue weighted by Gasteiger charge is 2.28. The zero-order valence-electron chi connectivity index (χ0n) is 9.37. The molecule has 2 aliphatic carbocycles. The van der Waals surface area contributed by atoms with E-state index in [1.165, 1.54) is 0 Å². The molecule has 2 rings (SSSR count). The van der Waals surface area contributed by atoms with Gasteiger partial charge in [-0.3, -0.25) is 9.59 Å². The molecule has 0 saturated heterocycles. The average Bonchev–Trinajstić information content (AvgIpc) is 2.95. The molecule has 16 heavy (non-hydrogen) atoms. The van der Waals surface area contributed by atoms with Gasteiger partial charge < -0.3 is 16.4 Å². The molecule has 0 aromatic heterocycles. The second kappa shape index (κ2) is 4.82. The van der Waals surface area contributed by atoms with E-state index in [0.29, 0.717) is 6.04 Å². The first-order valence-electron chi connectivity index (χ1n) is 5.98. The maximum absolute atomic E-state index is 11.7. The summed E-state index contributed by atoms with van der Waals surface area (Å²) in [6.45, 7) is 0.0983. The van der Waals surface area contributed by atoms with E-state index < -0.39 is 0 Å². The third kappa shape index (κ3) is 3.20. The first-order chi connectivity index (χ1) is 7.65. The maximum Gasteiger partial charge on any atom is 0.239 e. The van der Waals surface area contributed by atoms with Crippen molar-refractivity contribution in [1.29, 1.82) is 0 Å². The van der Waals surface area contributed by atoms with Crippen molar-refractivity contribution in [2.75, 3.05) is 6.54 Å². The molecule has 0 radical (unpaired) electrons. The fourth-order valence-electron chi connectivity index (χ4n) is 2.07. The van der Waals surface area contributed by atoms with Crippen LogP contribution in [0.5, 0.6) is 0 Å². The SMILES string of the molecule is NC1CCC(C(=O)NCC(=O)NC2CC2)C1. The summed E-state index contributed by atoms with van der Waals surface area (Å²) < 4.78 is 0. The van der Waals surface area contributed by atoms with Gasteiger partial charge in [0.25, 0.3) is 0 Å². The van der Waals surface area contributed by atoms with Gasteiger partial charge >= 0.3 is 0 Å². The molecule has 0 aromatic carbocycles. The van der Waals surface area contributed by atoms with E-state index in [1.807, 2.05) is 0 Å². The van der Waals surface area contributed by atoms with Crippen molar-refractivity contribution in [3.8, 4) is 0 Å². The molecule has 2 unspecified atom stereocenters. The van der Waals surface area contributed by atoms with E-state index in [9.17, 15) is 9.59 Å². The summed E-state index contributed by atoms with van der Waals surface area (Å²) in [5.41, 5.74) is 5.73. The smallest absolute Gasteiger partial charge is 0.239 e. The Morgan fingerprint density at radius 3 is 2.50 bits per heavy atom. The lowest BCUT2D eigenvalue weighted by atomic mass is 10.1. The van der Waals surface area contributed by atoms with Gasteiger partial charge in [0, 0.05) is 18.0 Å². The molecular weight excluding hydrogens is 206 g/mol. The second-order valence-electron chi connectivity index (χ2n) is 4.83. The number of rotatable bonds is 4. The summed E-state index contributed by atoms with van der Waals surface area (Å²) in [5.74, 6) is -0.110. The zero-order valence-corrected chi connectivity index (χ0v) is 9.37. The van der Waals surface area contributed by atoms with Crippen molar-refractivity contribution in [3.05, 3.63) is 0 Å². The van der Waals surface area contributed by atoms with Crippen LogP contribution in [0.4, 0.5) is 0 Å². The number of nitrogens with two attached hydrogens (primary N) is 1. The highest BCUT2D eigenvalue weighted by Crippen LogP contribution is 2.23. The fraction of sp³-hybridized carbons (Fsp3) is 0.818. The van der Waals surface area contributed by atoms with Crippen LogP contribution in [0.3, 0.4) is 0 Å². The third-order valence-electron chi connectivity index (χ3n) is 3.21. The third-order valence-corrected chi connectivity index (χ3v) is 3.21. The standard InChI is InChI=1S/C11H19N3O2/c12-8-2-1-7(5-8)11(16)13-6-10(15)14-9-3-4-9/h7-9H,1-6,12H2,(H,13,16)(H,14,15). The molecule has 2 saturated carbocycles. The monoisotopic (exact) mass is 225 g/mol. The predicted octanol–water partition coefficient (Wildman–Crippen LogP) is -0.491. The number of hydrogen-bond donors (Lipinski definition) is 3. The van der Waals surface area contributed by atoms with Gasteiger partial charge in [-0.2, -0.15) is 0 Å². The summed E-state index contributed by atoms with van der Waals surface area (Å²) in [7, 11) is 0. The van der Waals surface area contributed by atoms with Crippen LogP contribution in [-0.2, 0) is 9.59 Å². The number of amides is 2. The Bertz CT molecular complexity index is 289. The quantitative estimate of drug-likeness (QED) is 0.603. The molecule has 2 aliphatic rings. The molecule has 0 spiro atoms. The topological polar surface area (TPSA) is 84.2 Å². The lowest BCUT2D eigenvalue weighted by Crippen LogP contribution is -2.40. The lowest BCUT2D eigenvalue weighted by molar-refractivity contribution is -0.128. The normalized spacial score (nSPS) is 28.8. The van der Waals surface area contributed by atoms with E-state index in [1.54, 1.807) is 0 Å². The highest BCUT2D eigenvalue weighted by molar-refractivity contribution is 5.86.